The lowest BCUT2D eigenvalue weighted by atomic mass is 10.1. The zero-order chi connectivity index (χ0) is 18.2. The Balaban J connectivity index is 2.04. The summed E-state index contributed by atoms with van der Waals surface area (Å²) in [7, 11) is -7.69. The molecule has 1 unspecified atom stereocenters. The minimum absolute atomic E-state index is 0.0502. The Morgan fingerprint density at radius 1 is 1.16 bits per heavy atom. The number of hydrogen-bond donors (Lipinski definition) is 1. The Bertz CT molecular complexity index is 1030. The molecule has 7 nitrogen and oxygen atoms in total. The normalized spacial score (nSPS) is 18.5. The van der Waals surface area contributed by atoms with Gasteiger partial charge in [-0.3, -0.25) is 0 Å². The van der Waals surface area contributed by atoms with Crippen molar-refractivity contribution >= 4 is 25.6 Å². The van der Waals surface area contributed by atoms with Gasteiger partial charge in [-0.2, -0.15) is 0 Å². The average molecular weight is 382 g/mol. The fraction of sp³-hybridized carbons (Fsp3) is 0.188. The summed E-state index contributed by atoms with van der Waals surface area (Å²) in [6, 6.07) is 11.6. The smallest absolute Gasteiger partial charge is 0.341 e. The van der Waals surface area contributed by atoms with Crippen LogP contribution in [0.1, 0.15) is 10.8 Å². The highest BCUT2D eigenvalue weighted by Crippen LogP contribution is 2.42. The molecule has 132 valence electrons. The van der Waals surface area contributed by atoms with Gasteiger partial charge >= 0.3 is 5.97 Å². The molecule has 3 rings (SSSR count). The standard InChI is InChI=1S/C16H14O7S2/c17-16(18)9-23-11-6-7-13-14(8-11)24(19,20)10-15(13)25(21,22)12-4-2-1-3-5-12/h1-8,15H,9-10H2,(H,17,18). The minimum Gasteiger partial charge on any atom is -0.482 e. The fourth-order valence-electron chi connectivity index (χ4n) is 2.69. The molecule has 9 heteroatoms. The molecule has 0 saturated heterocycles. The second-order valence-corrected chi connectivity index (χ2v) is 9.64. The van der Waals surface area contributed by atoms with Gasteiger partial charge in [0.05, 0.1) is 15.5 Å². The van der Waals surface area contributed by atoms with Crippen molar-refractivity contribution in [3.63, 3.8) is 0 Å². The van der Waals surface area contributed by atoms with Crippen molar-refractivity contribution in [2.45, 2.75) is 15.0 Å². The van der Waals surface area contributed by atoms with Crippen molar-refractivity contribution in [3.05, 3.63) is 54.1 Å². The molecule has 0 fully saturated rings. The van der Waals surface area contributed by atoms with E-state index in [1.54, 1.807) is 18.2 Å². The van der Waals surface area contributed by atoms with Crippen molar-refractivity contribution in [1.29, 1.82) is 0 Å². The summed E-state index contributed by atoms with van der Waals surface area (Å²) in [5.41, 5.74) is 0.173. The molecule has 0 aliphatic carbocycles. The van der Waals surface area contributed by atoms with Crippen molar-refractivity contribution < 1.29 is 31.5 Å². The number of carboxylic acid groups (broad SMARTS) is 1. The maximum atomic E-state index is 12.8. The van der Waals surface area contributed by atoms with Gasteiger partial charge in [-0.15, -0.1) is 0 Å². The van der Waals surface area contributed by atoms with Crippen LogP contribution in [0.25, 0.3) is 0 Å². The summed E-state index contributed by atoms with van der Waals surface area (Å²) in [4.78, 5) is 10.5. The van der Waals surface area contributed by atoms with Crippen LogP contribution in [0.15, 0.2) is 58.3 Å². The lowest BCUT2D eigenvalue weighted by Gasteiger charge is -2.12. The van der Waals surface area contributed by atoms with Crippen LogP contribution < -0.4 is 4.74 Å². The number of ether oxygens (including phenoxy) is 1. The summed E-state index contributed by atoms with van der Waals surface area (Å²) in [5, 5.41) is 7.42. The summed E-state index contributed by atoms with van der Waals surface area (Å²) < 4.78 is 55.4. The van der Waals surface area contributed by atoms with Gasteiger partial charge in [-0.1, -0.05) is 24.3 Å². The molecule has 2 aromatic carbocycles. The monoisotopic (exact) mass is 382 g/mol. The summed E-state index contributed by atoms with van der Waals surface area (Å²) in [5.74, 6) is -1.70. The van der Waals surface area contributed by atoms with Crippen LogP contribution in [0, 0.1) is 0 Å². The molecular formula is C16H14O7S2. The summed E-state index contributed by atoms with van der Waals surface area (Å²) in [6.45, 7) is -0.620. The molecule has 1 N–H and O–H groups in total. The molecule has 0 saturated carbocycles. The first-order valence-electron chi connectivity index (χ1n) is 7.22. The zero-order valence-electron chi connectivity index (χ0n) is 12.8. The molecule has 1 atom stereocenters. The van der Waals surface area contributed by atoms with E-state index >= 15 is 0 Å². The molecule has 2 aromatic rings. The van der Waals surface area contributed by atoms with E-state index in [0.29, 0.717) is 0 Å². The van der Waals surface area contributed by atoms with Gasteiger partial charge in [-0.05, 0) is 29.8 Å². The lowest BCUT2D eigenvalue weighted by molar-refractivity contribution is -0.139. The highest BCUT2D eigenvalue weighted by atomic mass is 32.2. The van der Waals surface area contributed by atoms with Gasteiger partial charge in [0.25, 0.3) is 0 Å². The molecular weight excluding hydrogens is 368 g/mol. The second kappa shape index (κ2) is 6.16. The Labute approximate surface area is 144 Å². The van der Waals surface area contributed by atoms with Crippen molar-refractivity contribution in [2.24, 2.45) is 0 Å². The number of rotatable bonds is 5. The Morgan fingerprint density at radius 3 is 2.48 bits per heavy atom. The molecule has 25 heavy (non-hydrogen) atoms. The fourth-order valence-corrected chi connectivity index (χ4v) is 7.05. The second-order valence-electron chi connectivity index (χ2n) is 5.51. The van der Waals surface area contributed by atoms with Crippen LogP contribution in [0.4, 0.5) is 0 Å². The van der Waals surface area contributed by atoms with Gasteiger partial charge in [0.2, 0.25) is 0 Å². The van der Waals surface area contributed by atoms with Crippen LogP contribution in [0.2, 0.25) is 0 Å². The topological polar surface area (TPSA) is 115 Å². The predicted octanol–water partition coefficient (Wildman–Crippen LogP) is 1.45. The minimum atomic E-state index is -3.88. The van der Waals surface area contributed by atoms with E-state index < -0.39 is 43.3 Å². The number of carboxylic acids is 1. The van der Waals surface area contributed by atoms with Crippen molar-refractivity contribution in [1.82, 2.24) is 0 Å². The number of benzene rings is 2. The highest BCUT2D eigenvalue weighted by molar-refractivity contribution is 7.96. The SMILES string of the molecule is O=C(O)COc1ccc2c(c1)S(=O)(=O)CC2S(=O)(=O)c1ccccc1. The predicted molar refractivity (Wildman–Crippen MR) is 88.0 cm³/mol. The van der Waals surface area contributed by atoms with Crippen molar-refractivity contribution in [3.8, 4) is 5.75 Å². The van der Waals surface area contributed by atoms with Crippen LogP contribution in [-0.2, 0) is 24.5 Å². The Kier molecular flexibility index (Phi) is 4.29. The van der Waals surface area contributed by atoms with Gasteiger partial charge in [-0.25, -0.2) is 21.6 Å². The third-order valence-electron chi connectivity index (χ3n) is 3.85. The van der Waals surface area contributed by atoms with Gasteiger partial charge < -0.3 is 9.84 Å². The van der Waals surface area contributed by atoms with Crippen LogP contribution >= 0.6 is 0 Å². The molecule has 1 aliphatic rings. The molecule has 0 bridgehead atoms. The maximum Gasteiger partial charge on any atom is 0.341 e. The first-order chi connectivity index (χ1) is 11.7. The summed E-state index contributed by atoms with van der Waals surface area (Å²) >= 11 is 0. The Hall–Kier alpha value is -2.39. The van der Waals surface area contributed by atoms with E-state index in [4.69, 9.17) is 9.84 Å². The summed E-state index contributed by atoms with van der Waals surface area (Å²) in [6.07, 6.45) is 0. The zero-order valence-corrected chi connectivity index (χ0v) is 14.5. The quantitative estimate of drug-likeness (QED) is 0.832. The maximum absolute atomic E-state index is 12.8. The average Bonchev–Trinajstić information content (AvgIpc) is 2.85. The Morgan fingerprint density at radius 2 is 1.84 bits per heavy atom. The third-order valence-corrected chi connectivity index (χ3v) is 7.95. The van der Waals surface area contributed by atoms with E-state index in [2.05, 4.69) is 0 Å². The van der Waals surface area contributed by atoms with Gasteiger partial charge in [0.15, 0.2) is 26.3 Å². The molecule has 1 aliphatic heterocycles. The van der Waals surface area contributed by atoms with Crippen LogP contribution in [0.5, 0.6) is 5.75 Å². The van der Waals surface area contributed by atoms with Crippen LogP contribution in [0.3, 0.4) is 0 Å². The number of carbonyl (C=O) groups is 1. The lowest BCUT2D eigenvalue weighted by Crippen LogP contribution is -2.15. The largest absolute Gasteiger partial charge is 0.482 e. The van der Waals surface area contributed by atoms with Gasteiger partial charge in [0.1, 0.15) is 11.0 Å². The molecule has 0 aromatic heterocycles. The van der Waals surface area contributed by atoms with E-state index in [-0.39, 0.29) is 21.1 Å². The molecule has 1 heterocycles. The molecule has 0 radical (unpaired) electrons. The van der Waals surface area contributed by atoms with Gasteiger partial charge in [0, 0.05) is 0 Å². The van der Waals surface area contributed by atoms with E-state index in [0.717, 1.165) is 0 Å². The molecule has 0 spiro atoms. The number of aliphatic carboxylic acids is 1. The molecule has 0 amide bonds. The first-order valence-corrected chi connectivity index (χ1v) is 10.4. The number of sulfone groups is 2. The van der Waals surface area contributed by atoms with Crippen molar-refractivity contribution in [2.75, 3.05) is 12.4 Å². The van der Waals surface area contributed by atoms with E-state index in [9.17, 15) is 21.6 Å². The van der Waals surface area contributed by atoms with E-state index in [1.807, 2.05) is 0 Å². The number of hydrogen-bond acceptors (Lipinski definition) is 6. The number of fused-ring (bicyclic) bond motifs is 1. The first kappa shape index (κ1) is 17.4. The van der Waals surface area contributed by atoms with E-state index in [1.165, 1.54) is 30.3 Å². The van der Waals surface area contributed by atoms with Crippen LogP contribution in [-0.4, -0.2) is 40.3 Å². The third kappa shape index (κ3) is 3.24. The highest BCUT2D eigenvalue weighted by Gasteiger charge is 2.43.